The first-order chi connectivity index (χ1) is 17.4. The average Bonchev–Trinajstić information content (AvgIpc) is 3.20. The first-order valence-electron chi connectivity index (χ1n) is 10.5. The minimum atomic E-state index is -0.682. The number of para-hydroxylation sites is 1. The molecule has 0 aliphatic rings. The van der Waals surface area contributed by atoms with Crippen LogP contribution in [-0.4, -0.2) is 22.5 Å². The van der Waals surface area contributed by atoms with Crippen molar-refractivity contribution in [2.24, 2.45) is 0 Å². The van der Waals surface area contributed by atoms with E-state index in [4.69, 9.17) is 4.74 Å². The first-order valence-corrected chi connectivity index (χ1v) is 11.4. The van der Waals surface area contributed by atoms with Gasteiger partial charge in [0.25, 0.3) is 17.2 Å². The smallest absolute Gasteiger partial charge is 0.273 e. The maximum absolute atomic E-state index is 13.4. The number of benzene rings is 3. The van der Waals surface area contributed by atoms with E-state index in [0.717, 1.165) is 11.3 Å². The van der Waals surface area contributed by atoms with E-state index >= 15 is 0 Å². The predicted octanol–water partition coefficient (Wildman–Crippen LogP) is 2.96. The van der Waals surface area contributed by atoms with Crippen LogP contribution in [0.5, 0.6) is 5.75 Å². The summed E-state index contributed by atoms with van der Waals surface area (Å²) in [4.78, 5) is 37.0. The second-order valence-corrected chi connectivity index (χ2v) is 8.44. The summed E-state index contributed by atoms with van der Waals surface area (Å²) in [6.45, 7) is 0. The summed E-state index contributed by atoms with van der Waals surface area (Å²) in [5.41, 5.74) is 0.725. The number of anilines is 1. The number of carbonyl (C=O) groups excluding carboxylic acids is 1. The minimum Gasteiger partial charge on any atom is -0.497 e. The van der Waals surface area contributed by atoms with E-state index in [0.29, 0.717) is 22.7 Å². The van der Waals surface area contributed by atoms with Crippen LogP contribution in [0, 0.1) is 21.4 Å². The Labute approximate surface area is 208 Å². The Morgan fingerprint density at radius 3 is 2.47 bits per heavy atom. The lowest BCUT2D eigenvalue weighted by Gasteiger charge is -2.07. The van der Waals surface area contributed by atoms with Crippen molar-refractivity contribution in [2.75, 3.05) is 12.4 Å². The number of rotatable bonds is 6. The number of hydrogen-bond acceptors (Lipinski definition) is 7. The van der Waals surface area contributed by atoms with E-state index in [1.807, 2.05) is 6.07 Å². The number of methoxy groups -OCH3 is 1. The van der Waals surface area contributed by atoms with Gasteiger partial charge in [-0.15, -0.1) is 11.3 Å². The molecule has 10 heteroatoms. The van der Waals surface area contributed by atoms with Crippen LogP contribution in [-0.2, 0) is 4.79 Å². The van der Waals surface area contributed by atoms with Crippen molar-refractivity contribution in [3.8, 4) is 17.5 Å². The van der Waals surface area contributed by atoms with Gasteiger partial charge in [0.2, 0.25) is 0 Å². The number of nitro groups is 1. The number of nitrogens with zero attached hydrogens (tertiary/aromatic N) is 3. The first kappa shape index (κ1) is 24.1. The summed E-state index contributed by atoms with van der Waals surface area (Å²) >= 11 is 0.981. The molecule has 0 atom stereocenters. The average molecular weight is 499 g/mol. The lowest BCUT2D eigenvalue weighted by Crippen LogP contribution is -2.32. The van der Waals surface area contributed by atoms with Crippen LogP contribution in [0.25, 0.3) is 17.3 Å². The summed E-state index contributed by atoms with van der Waals surface area (Å²) in [6, 6.07) is 23.0. The summed E-state index contributed by atoms with van der Waals surface area (Å²) < 4.78 is 6.89. The second kappa shape index (κ2) is 10.5. The maximum atomic E-state index is 13.4. The molecule has 1 heterocycles. The Kier molecular flexibility index (Phi) is 7.04. The van der Waals surface area contributed by atoms with Crippen molar-refractivity contribution in [3.63, 3.8) is 0 Å². The van der Waals surface area contributed by atoms with Crippen molar-refractivity contribution < 1.29 is 14.5 Å². The molecule has 4 aromatic rings. The standard InChI is InChI=1S/C26H18N4O5S/c1-35-21-9-5-6-18(15-21)28-24(31)22(16-27)26-29(19-7-3-2-4-8-19)25(32)23(36-26)14-17-10-12-20(13-11-17)30(33)34/h2-15H,1H3,(H,28,31)/b23-14+,26-22+. The van der Waals surface area contributed by atoms with Gasteiger partial charge in [0.05, 0.1) is 22.3 Å². The molecule has 1 amide bonds. The number of carbonyl (C=O) groups is 1. The largest absolute Gasteiger partial charge is 0.497 e. The van der Waals surface area contributed by atoms with Gasteiger partial charge < -0.3 is 10.1 Å². The second-order valence-electron chi connectivity index (χ2n) is 7.41. The van der Waals surface area contributed by atoms with Crippen LogP contribution in [0.15, 0.2) is 83.7 Å². The van der Waals surface area contributed by atoms with Gasteiger partial charge in [-0.3, -0.25) is 24.3 Å². The topological polar surface area (TPSA) is 127 Å². The molecule has 0 spiro atoms. The van der Waals surface area contributed by atoms with Crippen molar-refractivity contribution in [3.05, 3.63) is 114 Å². The fourth-order valence-electron chi connectivity index (χ4n) is 3.40. The normalized spacial score (nSPS) is 11.9. The van der Waals surface area contributed by atoms with Crippen LogP contribution in [0.1, 0.15) is 5.56 Å². The molecule has 0 radical (unpaired) electrons. The highest BCUT2D eigenvalue weighted by molar-refractivity contribution is 7.07. The zero-order valence-corrected chi connectivity index (χ0v) is 19.7. The van der Waals surface area contributed by atoms with Crippen LogP contribution < -0.4 is 24.8 Å². The van der Waals surface area contributed by atoms with Crippen molar-refractivity contribution in [2.45, 2.75) is 0 Å². The SMILES string of the molecule is COc1cccc(NC(=O)/C(C#N)=c2/s/c(=C/c3ccc([N+](=O)[O-])cc3)c(=O)n2-c2ccccc2)c1. The Morgan fingerprint density at radius 1 is 1.11 bits per heavy atom. The third kappa shape index (κ3) is 5.06. The van der Waals surface area contributed by atoms with Crippen molar-refractivity contribution >= 4 is 40.3 Å². The number of aromatic nitrogens is 1. The molecule has 0 aliphatic heterocycles. The fourth-order valence-corrected chi connectivity index (χ4v) is 4.50. The molecular weight excluding hydrogens is 480 g/mol. The van der Waals surface area contributed by atoms with Gasteiger partial charge in [0.1, 0.15) is 16.5 Å². The highest BCUT2D eigenvalue weighted by atomic mass is 32.1. The number of nitriles is 1. The van der Waals surface area contributed by atoms with Crippen LogP contribution in [0.3, 0.4) is 0 Å². The van der Waals surface area contributed by atoms with E-state index in [-0.39, 0.29) is 20.5 Å². The molecule has 178 valence electrons. The molecule has 0 aliphatic carbocycles. The maximum Gasteiger partial charge on any atom is 0.273 e. The third-order valence-corrected chi connectivity index (χ3v) is 6.21. The monoisotopic (exact) mass is 498 g/mol. The Morgan fingerprint density at radius 2 is 1.83 bits per heavy atom. The van der Waals surface area contributed by atoms with Gasteiger partial charge in [-0.25, -0.2) is 0 Å². The van der Waals surface area contributed by atoms with Gasteiger partial charge in [0, 0.05) is 23.9 Å². The fraction of sp³-hybridized carbons (Fsp3) is 0.0385. The van der Waals surface area contributed by atoms with Crippen LogP contribution in [0.2, 0.25) is 0 Å². The quantitative estimate of drug-likeness (QED) is 0.322. The summed E-state index contributed by atoms with van der Waals surface area (Å²) in [5, 5.41) is 23.5. The summed E-state index contributed by atoms with van der Waals surface area (Å²) in [7, 11) is 1.50. The molecule has 0 fully saturated rings. The Bertz CT molecular complexity index is 1670. The van der Waals surface area contributed by atoms with Crippen LogP contribution in [0.4, 0.5) is 11.4 Å². The highest BCUT2D eigenvalue weighted by Gasteiger charge is 2.17. The summed E-state index contributed by atoms with van der Waals surface area (Å²) in [5.74, 6) is -0.151. The molecule has 0 unspecified atom stereocenters. The number of amides is 1. The number of thiazole rings is 1. The van der Waals surface area contributed by atoms with Crippen LogP contribution >= 0.6 is 11.3 Å². The number of nitro benzene ring substituents is 1. The lowest BCUT2D eigenvalue weighted by molar-refractivity contribution is -0.384. The molecule has 36 heavy (non-hydrogen) atoms. The van der Waals surface area contributed by atoms with Gasteiger partial charge in [-0.05, 0) is 48.0 Å². The van der Waals surface area contributed by atoms with E-state index in [2.05, 4.69) is 5.32 Å². The number of hydrogen-bond donors (Lipinski definition) is 1. The zero-order chi connectivity index (χ0) is 25.7. The third-order valence-electron chi connectivity index (χ3n) is 5.12. The number of ether oxygens (including phenoxy) is 1. The predicted molar refractivity (Wildman–Crippen MR) is 136 cm³/mol. The summed E-state index contributed by atoms with van der Waals surface area (Å²) in [6.07, 6.45) is 1.56. The molecule has 1 aromatic heterocycles. The van der Waals surface area contributed by atoms with E-state index < -0.39 is 16.4 Å². The zero-order valence-electron chi connectivity index (χ0n) is 18.9. The number of nitrogens with one attached hydrogen (secondary N) is 1. The minimum absolute atomic E-state index is 0.0740. The lowest BCUT2D eigenvalue weighted by atomic mass is 10.2. The molecule has 9 nitrogen and oxygen atoms in total. The van der Waals surface area contributed by atoms with E-state index in [1.165, 1.54) is 35.9 Å². The Balaban J connectivity index is 1.90. The Hall–Kier alpha value is -5.01. The molecular formula is C26H18N4O5S. The molecule has 1 N–H and O–H groups in total. The highest BCUT2D eigenvalue weighted by Crippen LogP contribution is 2.17. The molecule has 4 rings (SSSR count). The number of non-ortho nitro benzene ring substituents is 1. The van der Waals surface area contributed by atoms with Gasteiger partial charge in [-0.2, -0.15) is 5.26 Å². The molecule has 0 saturated carbocycles. The van der Waals surface area contributed by atoms with Gasteiger partial charge in [0.15, 0.2) is 5.57 Å². The van der Waals surface area contributed by atoms with Gasteiger partial charge in [-0.1, -0.05) is 24.3 Å². The van der Waals surface area contributed by atoms with Crippen molar-refractivity contribution in [1.82, 2.24) is 4.57 Å². The molecule has 0 saturated heterocycles. The molecule has 0 bridgehead atoms. The van der Waals surface area contributed by atoms with Crippen molar-refractivity contribution in [1.29, 1.82) is 5.26 Å². The van der Waals surface area contributed by atoms with E-state index in [9.17, 15) is 25.0 Å². The van der Waals surface area contributed by atoms with Gasteiger partial charge >= 0.3 is 0 Å². The van der Waals surface area contributed by atoms with E-state index in [1.54, 1.807) is 60.7 Å². The molecule has 3 aromatic carbocycles.